The first-order valence-corrected chi connectivity index (χ1v) is 10.4. The Labute approximate surface area is 184 Å². The second kappa shape index (κ2) is 9.08. The highest BCUT2D eigenvalue weighted by atomic mass is 127. The number of pyridine rings is 1. The summed E-state index contributed by atoms with van der Waals surface area (Å²) >= 11 is 2.32. The zero-order valence-electron chi connectivity index (χ0n) is 17.0. The molecule has 0 spiro atoms. The van der Waals surface area contributed by atoms with Crippen LogP contribution in [-0.4, -0.2) is 72.3 Å². The molecule has 156 valence electrons. The van der Waals surface area contributed by atoms with Crippen molar-refractivity contribution in [3.63, 3.8) is 0 Å². The van der Waals surface area contributed by atoms with E-state index < -0.39 is 0 Å². The molecule has 29 heavy (non-hydrogen) atoms. The summed E-state index contributed by atoms with van der Waals surface area (Å²) in [5.41, 5.74) is 1.89. The Hall–Kier alpha value is -2.21. The number of amides is 3. The van der Waals surface area contributed by atoms with Crippen molar-refractivity contribution < 1.29 is 9.59 Å². The Morgan fingerprint density at radius 1 is 1.31 bits per heavy atom. The predicted octanol–water partition coefficient (Wildman–Crippen LogP) is 2.66. The van der Waals surface area contributed by atoms with Gasteiger partial charge in [0.15, 0.2) is 5.82 Å². The average Bonchev–Trinajstić information content (AvgIpc) is 3.04. The van der Waals surface area contributed by atoms with E-state index in [9.17, 15) is 9.59 Å². The van der Waals surface area contributed by atoms with Crippen LogP contribution in [0.15, 0.2) is 24.4 Å². The number of carbonyl (C=O) groups is 2. The number of aromatic amines is 1. The van der Waals surface area contributed by atoms with Gasteiger partial charge in [0.25, 0.3) is 5.91 Å². The third kappa shape index (κ3) is 4.86. The van der Waals surface area contributed by atoms with E-state index in [0.717, 1.165) is 17.8 Å². The van der Waals surface area contributed by atoms with E-state index in [1.807, 2.05) is 11.8 Å². The molecule has 1 aliphatic heterocycles. The molecule has 2 aromatic heterocycles. The molecular formula is C19H26IN7O2. The number of hydrogen-bond donors (Lipinski definition) is 2. The summed E-state index contributed by atoms with van der Waals surface area (Å²) in [4.78, 5) is 33.1. The summed E-state index contributed by atoms with van der Waals surface area (Å²) in [6.45, 7) is 7.90. The van der Waals surface area contributed by atoms with Crippen LogP contribution >= 0.6 is 22.9 Å². The quantitative estimate of drug-likeness (QED) is 0.486. The van der Waals surface area contributed by atoms with Gasteiger partial charge in [-0.1, -0.05) is 6.07 Å². The average molecular weight is 511 g/mol. The molecule has 0 aliphatic carbocycles. The van der Waals surface area contributed by atoms with Crippen molar-refractivity contribution in [3.05, 3.63) is 41.3 Å². The van der Waals surface area contributed by atoms with Crippen molar-refractivity contribution in [3.8, 4) is 0 Å². The molecule has 0 radical (unpaired) electrons. The number of carbonyl (C=O) groups excluding carboxylic acids is 2. The Balaban J connectivity index is 1.71. The first kappa shape index (κ1) is 21.5. The first-order valence-electron chi connectivity index (χ1n) is 9.48. The molecule has 3 heterocycles. The maximum Gasteiger partial charge on any atom is 0.320 e. The Morgan fingerprint density at radius 3 is 2.76 bits per heavy atom. The van der Waals surface area contributed by atoms with Crippen molar-refractivity contribution in [2.45, 2.75) is 39.4 Å². The molecule has 2 atom stereocenters. The van der Waals surface area contributed by atoms with Gasteiger partial charge in [0.2, 0.25) is 0 Å². The van der Waals surface area contributed by atoms with Crippen molar-refractivity contribution in [1.82, 2.24) is 28.1 Å². The van der Waals surface area contributed by atoms with E-state index in [1.54, 1.807) is 36.3 Å². The van der Waals surface area contributed by atoms with Crippen LogP contribution in [0.4, 0.5) is 10.6 Å². The molecule has 9 nitrogen and oxygen atoms in total. The van der Waals surface area contributed by atoms with Crippen LogP contribution in [0, 0.1) is 6.92 Å². The Kier molecular flexibility index (Phi) is 6.73. The van der Waals surface area contributed by atoms with Gasteiger partial charge in [-0.2, -0.15) is 5.10 Å². The van der Waals surface area contributed by atoms with Gasteiger partial charge in [0.05, 0.1) is 6.54 Å². The van der Waals surface area contributed by atoms with Gasteiger partial charge in [-0.05, 0) is 32.9 Å². The molecular weight excluding hydrogens is 485 g/mol. The number of rotatable bonds is 4. The second-order valence-electron chi connectivity index (χ2n) is 7.42. The smallest absolute Gasteiger partial charge is 0.320 e. The minimum Gasteiger partial charge on any atom is -0.323 e. The van der Waals surface area contributed by atoms with Crippen LogP contribution in [0.1, 0.15) is 35.6 Å². The number of nitrogens with zero attached hydrogens (tertiary/aromatic N) is 5. The fourth-order valence-corrected chi connectivity index (χ4v) is 4.04. The molecule has 1 fully saturated rings. The van der Waals surface area contributed by atoms with Gasteiger partial charge >= 0.3 is 6.03 Å². The second-order valence-corrected chi connectivity index (χ2v) is 8.66. The van der Waals surface area contributed by atoms with Gasteiger partial charge in [-0.3, -0.25) is 14.9 Å². The molecule has 0 saturated carbocycles. The number of H-pyrrole nitrogens is 1. The number of anilines is 1. The van der Waals surface area contributed by atoms with Crippen molar-refractivity contribution in [2.75, 3.05) is 25.5 Å². The summed E-state index contributed by atoms with van der Waals surface area (Å²) in [5.74, 6) is 0.0734. The fourth-order valence-electron chi connectivity index (χ4n) is 3.29. The molecule has 0 bridgehead atoms. The van der Waals surface area contributed by atoms with Crippen molar-refractivity contribution in [1.29, 1.82) is 0 Å². The molecule has 10 heteroatoms. The highest BCUT2D eigenvalue weighted by Crippen LogP contribution is 2.22. The standard InChI is InChI=1S/C19H26IN7O2/c1-12-10-27(20)13(2)9-26(12)19(29)25(4)11-15-14(3)23-24-17(15)22-18(28)16-7-5-6-8-21-16/h5-8,12-13H,9-11H2,1-4H3,(H2,22,23,24,28)/t12?,13-/m1/s1. The predicted molar refractivity (Wildman–Crippen MR) is 119 cm³/mol. The highest BCUT2D eigenvalue weighted by Gasteiger charge is 2.32. The third-order valence-electron chi connectivity index (χ3n) is 5.08. The van der Waals surface area contributed by atoms with E-state index in [-0.39, 0.29) is 18.0 Å². The lowest BCUT2D eigenvalue weighted by atomic mass is 10.1. The minimum atomic E-state index is -0.340. The molecule has 2 N–H and O–H groups in total. The number of hydrogen-bond acceptors (Lipinski definition) is 5. The molecule has 0 aromatic carbocycles. The lowest BCUT2D eigenvalue weighted by molar-refractivity contribution is 0.101. The van der Waals surface area contributed by atoms with Crippen molar-refractivity contribution >= 4 is 40.6 Å². The number of aromatic nitrogens is 3. The van der Waals surface area contributed by atoms with Crippen LogP contribution in [0.3, 0.4) is 0 Å². The van der Waals surface area contributed by atoms with Crippen LogP contribution < -0.4 is 5.32 Å². The topological polar surface area (TPSA) is 97.5 Å². The number of halogens is 1. The number of aryl methyl sites for hydroxylation is 1. The molecule has 2 aromatic rings. The van der Waals surface area contributed by atoms with E-state index in [2.05, 4.69) is 60.3 Å². The minimum absolute atomic E-state index is 0.0311. The summed E-state index contributed by atoms with van der Waals surface area (Å²) < 4.78 is 2.23. The SMILES string of the molecule is Cc1[nH]nc(NC(=O)c2ccccn2)c1CN(C)C(=O)N1C[C@@H](C)N(I)CC1C. The lowest BCUT2D eigenvalue weighted by Crippen LogP contribution is -2.57. The summed E-state index contributed by atoms with van der Waals surface area (Å²) in [7, 11) is 1.77. The van der Waals surface area contributed by atoms with Crippen LogP contribution in [0.2, 0.25) is 0 Å². The van der Waals surface area contributed by atoms with Gasteiger partial charge in [0, 0.05) is 72.5 Å². The highest BCUT2D eigenvalue weighted by molar-refractivity contribution is 14.1. The first-order chi connectivity index (χ1) is 13.8. The zero-order valence-corrected chi connectivity index (χ0v) is 19.2. The Bertz CT molecular complexity index is 873. The maximum atomic E-state index is 13.1. The molecule has 1 unspecified atom stereocenters. The fraction of sp³-hybridized carbons (Fsp3) is 0.474. The van der Waals surface area contributed by atoms with Gasteiger partial charge < -0.3 is 15.1 Å². The third-order valence-corrected chi connectivity index (χ3v) is 6.43. The Morgan fingerprint density at radius 2 is 2.07 bits per heavy atom. The molecule has 3 rings (SSSR count). The zero-order chi connectivity index (χ0) is 21.1. The molecule has 1 saturated heterocycles. The van der Waals surface area contributed by atoms with E-state index in [0.29, 0.717) is 30.6 Å². The van der Waals surface area contributed by atoms with Crippen LogP contribution in [0.5, 0.6) is 0 Å². The molecule has 1 aliphatic rings. The van der Waals surface area contributed by atoms with Gasteiger partial charge in [-0.25, -0.2) is 7.91 Å². The van der Waals surface area contributed by atoms with E-state index in [1.165, 1.54) is 0 Å². The van der Waals surface area contributed by atoms with E-state index >= 15 is 0 Å². The van der Waals surface area contributed by atoms with Crippen LogP contribution in [0.25, 0.3) is 0 Å². The normalized spacial score (nSPS) is 19.8. The van der Waals surface area contributed by atoms with Crippen LogP contribution in [-0.2, 0) is 6.54 Å². The van der Waals surface area contributed by atoms with E-state index in [4.69, 9.17) is 0 Å². The number of urea groups is 1. The summed E-state index contributed by atoms with van der Waals surface area (Å²) in [6, 6.07) is 5.54. The van der Waals surface area contributed by atoms with Gasteiger partial charge in [-0.15, -0.1) is 0 Å². The lowest BCUT2D eigenvalue weighted by Gasteiger charge is -2.42. The number of nitrogens with one attached hydrogen (secondary N) is 2. The van der Waals surface area contributed by atoms with Crippen molar-refractivity contribution in [2.24, 2.45) is 0 Å². The summed E-state index contributed by atoms with van der Waals surface area (Å²) in [6.07, 6.45) is 1.57. The monoisotopic (exact) mass is 511 g/mol. The molecule has 3 amide bonds. The van der Waals surface area contributed by atoms with Gasteiger partial charge in [0.1, 0.15) is 5.69 Å². The maximum absolute atomic E-state index is 13.1. The summed E-state index contributed by atoms with van der Waals surface area (Å²) in [5, 5.41) is 9.88. The number of piperazine rings is 1. The largest absolute Gasteiger partial charge is 0.323 e.